The Morgan fingerprint density at radius 3 is 2.29 bits per heavy atom. The van der Waals surface area contributed by atoms with E-state index in [9.17, 15) is 0 Å². The molecule has 1 unspecified atom stereocenters. The molecule has 0 spiro atoms. The van der Waals surface area contributed by atoms with Crippen molar-refractivity contribution in [2.75, 3.05) is 6.61 Å². The molecule has 1 rings (SSSR count). The van der Waals surface area contributed by atoms with Crippen LogP contribution in [-0.4, -0.2) is 17.8 Å². The first-order valence-corrected chi connectivity index (χ1v) is 4.98. The van der Waals surface area contributed by atoms with Gasteiger partial charge < -0.3 is 10.8 Å². The number of aliphatic hydroxyl groups is 1. The van der Waals surface area contributed by atoms with Crippen molar-refractivity contribution >= 4 is 11.6 Å². The first-order chi connectivity index (χ1) is 6.48. The maximum atomic E-state index is 9.04. The summed E-state index contributed by atoms with van der Waals surface area (Å²) in [4.78, 5) is 0. The van der Waals surface area contributed by atoms with Gasteiger partial charge in [0.15, 0.2) is 0 Å². The minimum absolute atomic E-state index is 0.0182. The van der Waals surface area contributed by atoms with Crippen LogP contribution in [-0.2, 0) is 5.41 Å². The van der Waals surface area contributed by atoms with Crippen LogP contribution in [0.25, 0.3) is 0 Å². The van der Waals surface area contributed by atoms with Crippen LogP contribution < -0.4 is 5.73 Å². The van der Waals surface area contributed by atoms with Crippen LogP contribution in [0.3, 0.4) is 0 Å². The Bertz CT molecular complexity index is 295. The van der Waals surface area contributed by atoms with Gasteiger partial charge >= 0.3 is 0 Å². The Kier molecular flexibility index (Phi) is 3.53. The van der Waals surface area contributed by atoms with Gasteiger partial charge in [-0.3, -0.25) is 0 Å². The fourth-order valence-corrected chi connectivity index (χ4v) is 1.45. The standard InChI is InChI=1S/C11H16ClNO/c1-11(2,10(13)7-14)8-3-5-9(12)6-4-8/h3-6,10,14H,7,13H2,1-2H3. The molecule has 1 atom stereocenters. The molecule has 2 nitrogen and oxygen atoms in total. The molecule has 0 aliphatic rings. The van der Waals surface area contributed by atoms with E-state index < -0.39 is 0 Å². The highest BCUT2D eigenvalue weighted by Gasteiger charge is 2.27. The van der Waals surface area contributed by atoms with Crippen LogP contribution in [0.5, 0.6) is 0 Å². The molecule has 1 aromatic rings. The van der Waals surface area contributed by atoms with E-state index >= 15 is 0 Å². The van der Waals surface area contributed by atoms with Gasteiger partial charge in [0, 0.05) is 16.5 Å². The van der Waals surface area contributed by atoms with Crippen molar-refractivity contribution in [1.29, 1.82) is 0 Å². The van der Waals surface area contributed by atoms with Gasteiger partial charge in [0.05, 0.1) is 6.61 Å². The molecule has 3 N–H and O–H groups in total. The van der Waals surface area contributed by atoms with Crippen LogP contribution in [0.4, 0.5) is 0 Å². The number of rotatable bonds is 3. The molecule has 0 aliphatic carbocycles. The lowest BCUT2D eigenvalue weighted by Gasteiger charge is -2.30. The summed E-state index contributed by atoms with van der Waals surface area (Å²) in [7, 11) is 0. The molecule has 0 bridgehead atoms. The quantitative estimate of drug-likeness (QED) is 0.806. The van der Waals surface area contributed by atoms with Crippen molar-refractivity contribution in [2.45, 2.75) is 25.3 Å². The number of hydrogen-bond donors (Lipinski definition) is 2. The van der Waals surface area contributed by atoms with E-state index in [1.54, 1.807) is 0 Å². The maximum absolute atomic E-state index is 9.04. The number of hydrogen-bond acceptors (Lipinski definition) is 2. The van der Waals surface area contributed by atoms with Crippen molar-refractivity contribution in [3.63, 3.8) is 0 Å². The summed E-state index contributed by atoms with van der Waals surface area (Å²) in [5.41, 5.74) is 6.69. The summed E-state index contributed by atoms with van der Waals surface area (Å²) >= 11 is 5.79. The fourth-order valence-electron chi connectivity index (χ4n) is 1.32. The lowest BCUT2D eigenvalue weighted by Crippen LogP contribution is -2.43. The predicted molar refractivity (Wildman–Crippen MR) is 59.5 cm³/mol. The Balaban J connectivity index is 2.97. The average Bonchev–Trinajstić information content (AvgIpc) is 2.17. The zero-order valence-electron chi connectivity index (χ0n) is 8.50. The summed E-state index contributed by atoms with van der Waals surface area (Å²) in [5.74, 6) is 0. The third kappa shape index (κ3) is 2.27. The van der Waals surface area contributed by atoms with E-state index in [2.05, 4.69) is 0 Å². The Labute approximate surface area is 89.7 Å². The molecule has 78 valence electrons. The zero-order chi connectivity index (χ0) is 10.8. The van der Waals surface area contributed by atoms with Crippen LogP contribution in [0, 0.1) is 0 Å². The molecule has 14 heavy (non-hydrogen) atoms. The molecule has 0 saturated carbocycles. The molecular formula is C11H16ClNO. The van der Waals surface area contributed by atoms with Gasteiger partial charge in [-0.15, -0.1) is 0 Å². The number of aliphatic hydroxyl groups excluding tert-OH is 1. The van der Waals surface area contributed by atoms with E-state index in [1.807, 2.05) is 38.1 Å². The van der Waals surface area contributed by atoms with Crippen molar-refractivity contribution in [3.8, 4) is 0 Å². The van der Waals surface area contributed by atoms with Gasteiger partial charge in [-0.25, -0.2) is 0 Å². The first kappa shape index (κ1) is 11.5. The van der Waals surface area contributed by atoms with Crippen LogP contribution >= 0.6 is 11.6 Å². The van der Waals surface area contributed by atoms with Gasteiger partial charge in [0.2, 0.25) is 0 Å². The van der Waals surface area contributed by atoms with Gasteiger partial charge in [-0.1, -0.05) is 37.6 Å². The molecule has 0 fully saturated rings. The minimum Gasteiger partial charge on any atom is -0.395 e. The summed E-state index contributed by atoms with van der Waals surface area (Å²) in [6.45, 7) is 4.00. The topological polar surface area (TPSA) is 46.2 Å². The maximum Gasteiger partial charge on any atom is 0.0591 e. The summed E-state index contributed by atoms with van der Waals surface area (Å²) in [5, 5.41) is 9.75. The van der Waals surface area contributed by atoms with Crippen LogP contribution in [0.2, 0.25) is 5.02 Å². The van der Waals surface area contributed by atoms with Crippen molar-refractivity contribution < 1.29 is 5.11 Å². The van der Waals surface area contributed by atoms with E-state index in [4.69, 9.17) is 22.4 Å². The van der Waals surface area contributed by atoms with E-state index in [0.29, 0.717) is 5.02 Å². The molecule has 0 amide bonds. The largest absolute Gasteiger partial charge is 0.395 e. The van der Waals surface area contributed by atoms with Crippen molar-refractivity contribution in [3.05, 3.63) is 34.9 Å². The second-order valence-corrected chi connectivity index (χ2v) is 4.45. The third-order valence-corrected chi connectivity index (χ3v) is 2.96. The highest BCUT2D eigenvalue weighted by Crippen LogP contribution is 2.26. The number of nitrogens with two attached hydrogens (primary N) is 1. The summed E-state index contributed by atoms with van der Waals surface area (Å²) in [6, 6.07) is 7.30. The van der Waals surface area contributed by atoms with Crippen LogP contribution in [0.1, 0.15) is 19.4 Å². The number of benzene rings is 1. The fraction of sp³-hybridized carbons (Fsp3) is 0.455. The van der Waals surface area contributed by atoms with E-state index in [0.717, 1.165) is 5.56 Å². The van der Waals surface area contributed by atoms with Crippen LogP contribution in [0.15, 0.2) is 24.3 Å². The van der Waals surface area contributed by atoms with E-state index in [1.165, 1.54) is 0 Å². The summed E-state index contributed by atoms with van der Waals surface area (Å²) < 4.78 is 0. The van der Waals surface area contributed by atoms with Gasteiger partial charge in [-0.2, -0.15) is 0 Å². The third-order valence-electron chi connectivity index (χ3n) is 2.71. The molecule has 1 aromatic carbocycles. The lowest BCUT2D eigenvalue weighted by molar-refractivity contribution is 0.220. The highest BCUT2D eigenvalue weighted by molar-refractivity contribution is 6.30. The van der Waals surface area contributed by atoms with Gasteiger partial charge in [0.25, 0.3) is 0 Å². The normalized spacial score (nSPS) is 14.1. The van der Waals surface area contributed by atoms with Gasteiger partial charge in [-0.05, 0) is 17.7 Å². The Hall–Kier alpha value is -0.570. The first-order valence-electron chi connectivity index (χ1n) is 4.61. The monoisotopic (exact) mass is 213 g/mol. The summed E-state index contributed by atoms with van der Waals surface area (Å²) in [6.07, 6.45) is 0. The van der Waals surface area contributed by atoms with Crippen molar-refractivity contribution in [1.82, 2.24) is 0 Å². The lowest BCUT2D eigenvalue weighted by atomic mass is 9.78. The second kappa shape index (κ2) is 4.30. The molecule has 0 aromatic heterocycles. The Morgan fingerprint density at radius 2 is 1.86 bits per heavy atom. The van der Waals surface area contributed by atoms with Crippen molar-refractivity contribution in [2.24, 2.45) is 5.73 Å². The van der Waals surface area contributed by atoms with Gasteiger partial charge in [0.1, 0.15) is 0 Å². The highest BCUT2D eigenvalue weighted by atomic mass is 35.5. The number of halogens is 1. The second-order valence-electron chi connectivity index (χ2n) is 4.02. The minimum atomic E-state index is -0.260. The average molecular weight is 214 g/mol. The molecule has 0 radical (unpaired) electrons. The van der Waals surface area contributed by atoms with E-state index in [-0.39, 0.29) is 18.1 Å². The molecule has 0 heterocycles. The molecule has 0 saturated heterocycles. The SMILES string of the molecule is CC(C)(c1ccc(Cl)cc1)C(N)CO. The smallest absolute Gasteiger partial charge is 0.0591 e. The predicted octanol–water partition coefficient (Wildman–Crippen LogP) is 1.94. The molecular weight excluding hydrogens is 198 g/mol. The zero-order valence-corrected chi connectivity index (χ0v) is 9.25. The Morgan fingerprint density at radius 1 is 1.36 bits per heavy atom. The molecule has 3 heteroatoms. The molecule has 0 aliphatic heterocycles.